The fourth-order valence-corrected chi connectivity index (χ4v) is 6.53. The third-order valence-electron chi connectivity index (χ3n) is 8.82. The van der Waals surface area contributed by atoms with E-state index in [1.165, 1.54) is 23.9 Å². The minimum atomic E-state index is 0.633. The van der Waals surface area contributed by atoms with Crippen molar-refractivity contribution < 1.29 is 8.83 Å². The van der Waals surface area contributed by atoms with Gasteiger partial charge < -0.3 is 8.83 Å². The highest BCUT2D eigenvalue weighted by molar-refractivity contribution is 6.21. The molecule has 0 saturated heterocycles. The van der Waals surface area contributed by atoms with Gasteiger partial charge in [0.2, 0.25) is 0 Å². The minimum absolute atomic E-state index is 0.633. The first-order chi connectivity index (χ1) is 23.8. The molecule has 0 aliphatic carbocycles. The van der Waals surface area contributed by atoms with E-state index in [4.69, 9.17) is 18.8 Å². The molecule has 226 valence electrons. The Kier molecular flexibility index (Phi) is 6.68. The Bertz CT molecular complexity index is 2510. The van der Waals surface area contributed by atoms with Crippen LogP contribution in [0.2, 0.25) is 0 Å². The van der Waals surface area contributed by atoms with Gasteiger partial charge in [0.05, 0.1) is 12.4 Å². The summed E-state index contributed by atoms with van der Waals surface area (Å²) in [5, 5.41) is 4.52. The van der Waals surface area contributed by atoms with Crippen molar-refractivity contribution >= 4 is 21.5 Å². The Morgan fingerprint density at radius 2 is 0.812 bits per heavy atom. The van der Waals surface area contributed by atoms with E-state index in [9.17, 15) is 0 Å². The summed E-state index contributed by atoms with van der Waals surface area (Å²) in [6.45, 7) is 0. The Hall–Kier alpha value is -6.66. The average molecular weight is 619 g/mol. The second-order valence-electron chi connectivity index (χ2n) is 11.6. The Labute approximate surface area is 276 Å². The van der Waals surface area contributed by atoms with Crippen molar-refractivity contribution in [3.05, 3.63) is 159 Å². The van der Waals surface area contributed by atoms with E-state index in [1.54, 1.807) is 12.4 Å². The molecule has 0 unspecified atom stereocenters. The number of nitrogens with zero attached hydrogens (tertiary/aromatic N) is 4. The van der Waals surface area contributed by atoms with Gasteiger partial charge in [-0.15, -0.1) is 0 Å². The van der Waals surface area contributed by atoms with Gasteiger partial charge >= 0.3 is 0 Å². The molecule has 48 heavy (non-hydrogen) atoms. The van der Waals surface area contributed by atoms with Crippen LogP contribution in [0.25, 0.3) is 89.0 Å². The summed E-state index contributed by atoms with van der Waals surface area (Å²) in [7, 11) is 0. The van der Waals surface area contributed by atoms with Crippen molar-refractivity contribution in [2.75, 3.05) is 0 Å². The number of benzene rings is 5. The molecule has 9 aromatic rings. The van der Waals surface area contributed by atoms with Crippen LogP contribution in [0.15, 0.2) is 168 Å². The summed E-state index contributed by atoms with van der Waals surface area (Å²) in [4.78, 5) is 17.7. The number of hydrogen-bond acceptors (Lipinski definition) is 6. The van der Waals surface area contributed by atoms with E-state index in [0.29, 0.717) is 11.5 Å². The number of oxazole rings is 2. The summed E-state index contributed by atoms with van der Waals surface area (Å²) in [6.07, 6.45) is 10.0. The molecule has 0 radical (unpaired) electrons. The van der Waals surface area contributed by atoms with Gasteiger partial charge in [-0.1, -0.05) is 103 Å². The van der Waals surface area contributed by atoms with Crippen LogP contribution in [0.1, 0.15) is 0 Å². The second-order valence-corrected chi connectivity index (χ2v) is 11.6. The molecule has 0 amide bonds. The molecule has 0 spiro atoms. The molecule has 6 nitrogen and oxygen atoms in total. The van der Waals surface area contributed by atoms with Crippen molar-refractivity contribution in [3.63, 3.8) is 0 Å². The largest absolute Gasteiger partial charge is 0.442 e. The van der Waals surface area contributed by atoms with Crippen molar-refractivity contribution in [1.29, 1.82) is 0 Å². The third kappa shape index (κ3) is 4.84. The Balaban J connectivity index is 1.26. The zero-order valence-electron chi connectivity index (χ0n) is 25.6. The minimum Gasteiger partial charge on any atom is -0.442 e. The summed E-state index contributed by atoms with van der Waals surface area (Å²) in [5.74, 6) is 1.27. The summed E-state index contributed by atoms with van der Waals surface area (Å²) in [5.41, 5.74) is 10.4. The molecule has 0 aliphatic rings. The molecule has 5 aromatic carbocycles. The molecule has 4 aromatic heterocycles. The van der Waals surface area contributed by atoms with Crippen LogP contribution >= 0.6 is 0 Å². The van der Waals surface area contributed by atoms with Crippen LogP contribution < -0.4 is 0 Å². The number of aromatic nitrogens is 4. The lowest BCUT2D eigenvalue weighted by Gasteiger charge is -2.18. The molecule has 0 fully saturated rings. The van der Waals surface area contributed by atoms with E-state index in [2.05, 4.69) is 113 Å². The maximum absolute atomic E-state index is 5.51. The van der Waals surface area contributed by atoms with Crippen molar-refractivity contribution in [3.8, 4) is 67.4 Å². The highest BCUT2D eigenvalue weighted by Gasteiger charge is 2.19. The number of hydrogen-bond donors (Lipinski definition) is 0. The first-order valence-corrected chi connectivity index (χ1v) is 15.6. The lowest BCUT2D eigenvalue weighted by molar-refractivity contribution is 0.569. The highest BCUT2D eigenvalue weighted by Crippen LogP contribution is 2.45. The van der Waals surface area contributed by atoms with E-state index >= 15 is 0 Å². The topological polar surface area (TPSA) is 77.8 Å². The standard InChI is InChI=1S/C42H26N4O2/c1-2-6-27(7-3-1)28-10-12-29(13-11-28)30-14-17-35-36(20-30)42(32-16-19-38(46-22-32)40-24-44-26-48-40)34-9-5-4-8-33(34)41(35)31-15-18-37(45-21-31)39-23-43-25-47-39/h1-26H. The number of pyridine rings is 2. The molecule has 9 rings (SSSR count). The van der Waals surface area contributed by atoms with Crippen LogP contribution in [-0.2, 0) is 0 Å². The number of fused-ring (bicyclic) bond motifs is 2. The molecular formula is C42H26N4O2. The third-order valence-corrected chi connectivity index (χ3v) is 8.82. The Morgan fingerprint density at radius 1 is 0.354 bits per heavy atom. The molecule has 0 saturated carbocycles. The van der Waals surface area contributed by atoms with Crippen molar-refractivity contribution in [1.82, 2.24) is 19.9 Å². The average Bonchev–Trinajstić information content (AvgIpc) is 3.91. The van der Waals surface area contributed by atoms with E-state index in [1.807, 2.05) is 30.6 Å². The molecule has 6 heteroatoms. The monoisotopic (exact) mass is 618 g/mol. The van der Waals surface area contributed by atoms with Gasteiger partial charge in [-0.25, -0.2) is 9.97 Å². The SMILES string of the molecule is c1ccc(-c2ccc(-c3ccc4c(-c5ccc(-c6cnco6)nc5)c5ccccc5c(-c5ccc(-c6cnco6)nc5)c4c3)cc2)cc1. The van der Waals surface area contributed by atoms with Gasteiger partial charge in [0.1, 0.15) is 11.4 Å². The van der Waals surface area contributed by atoms with Crippen LogP contribution in [0.3, 0.4) is 0 Å². The van der Waals surface area contributed by atoms with E-state index < -0.39 is 0 Å². The molecule has 4 heterocycles. The fourth-order valence-electron chi connectivity index (χ4n) is 6.53. The zero-order valence-corrected chi connectivity index (χ0v) is 25.6. The predicted molar refractivity (Wildman–Crippen MR) is 190 cm³/mol. The normalized spacial score (nSPS) is 11.3. The van der Waals surface area contributed by atoms with Crippen LogP contribution in [0.4, 0.5) is 0 Å². The van der Waals surface area contributed by atoms with Gasteiger partial charge in [-0.3, -0.25) is 9.97 Å². The maximum Gasteiger partial charge on any atom is 0.181 e. The summed E-state index contributed by atoms with van der Waals surface area (Å²) < 4.78 is 11.0. The van der Waals surface area contributed by atoms with Crippen molar-refractivity contribution in [2.24, 2.45) is 0 Å². The molecular weight excluding hydrogens is 592 g/mol. The zero-order chi connectivity index (χ0) is 31.9. The van der Waals surface area contributed by atoms with E-state index in [0.717, 1.165) is 66.3 Å². The summed E-state index contributed by atoms with van der Waals surface area (Å²) >= 11 is 0. The Morgan fingerprint density at radius 3 is 1.33 bits per heavy atom. The quantitative estimate of drug-likeness (QED) is 0.173. The fraction of sp³-hybridized carbons (Fsp3) is 0. The number of rotatable bonds is 6. The van der Waals surface area contributed by atoms with Gasteiger partial charge in [-0.05, 0) is 73.1 Å². The maximum atomic E-state index is 5.51. The van der Waals surface area contributed by atoms with Gasteiger partial charge in [-0.2, -0.15) is 0 Å². The van der Waals surface area contributed by atoms with Crippen molar-refractivity contribution in [2.45, 2.75) is 0 Å². The van der Waals surface area contributed by atoms with Crippen LogP contribution in [0.5, 0.6) is 0 Å². The van der Waals surface area contributed by atoms with Crippen LogP contribution in [0, 0.1) is 0 Å². The smallest absolute Gasteiger partial charge is 0.181 e. The first kappa shape index (κ1) is 27.6. The predicted octanol–water partition coefficient (Wildman–Crippen LogP) is 10.8. The molecule has 0 N–H and O–H groups in total. The summed E-state index contributed by atoms with van der Waals surface area (Å²) in [6, 6.07) is 42.7. The van der Waals surface area contributed by atoms with Gasteiger partial charge in [0.25, 0.3) is 0 Å². The van der Waals surface area contributed by atoms with Gasteiger partial charge in [0, 0.05) is 23.5 Å². The lowest BCUT2D eigenvalue weighted by Crippen LogP contribution is -1.93. The molecule has 0 atom stereocenters. The molecule has 0 aliphatic heterocycles. The molecule has 0 bridgehead atoms. The highest BCUT2D eigenvalue weighted by atomic mass is 16.3. The second kappa shape index (κ2) is 11.6. The van der Waals surface area contributed by atoms with Crippen LogP contribution in [-0.4, -0.2) is 19.9 Å². The van der Waals surface area contributed by atoms with Gasteiger partial charge in [0.15, 0.2) is 24.3 Å². The lowest BCUT2D eigenvalue weighted by atomic mass is 9.85. The first-order valence-electron chi connectivity index (χ1n) is 15.6. The van der Waals surface area contributed by atoms with E-state index in [-0.39, 0.29) is 0 Å².